The zero-order valence-corrected chi connectivity index (χ0v) is 14.1. The Morgan fingerprint density at radius 1 is 1.30 bits per heavy atom. The lowest BCUT2D eigenvalue weighted by molar-refractivity contribution is -0.119. The number of hydrogen-bond donors (Lipinski definition) is 1. The van der Waals surface area contributed by atoms with Crippen LogP contribution < -0.4 is 5.32 Å². The van der Waals surface area contributed by atoms with Crippen molar-refractivity contribution in [3.05, 3.63) is 29.6 Å². The van der Waals surface area contributed by atoms with E-state index in [-0.39, 0.29) is 29.3 Å². The van der Waals surface area contributed by atoms with Gasteiger partial charge in [0.25, 0.3) is 0 Å². The summed E-state index contributed by atoms with van der Waals surface area (Å²) in [5.74, 6) is -0.325. The van der Waals surface area contributed by atoms with Gasteiger partial charge in [0.1, 0.15) is 10.7 Å². The molecule has 0 bridgehead atoms. The molecule has 2 atom stereocenters. The van der Waals surface area contributed by atoms with Crippen LogP contribution >= 0.6 is 0 Å². The van der Waals surface area contributed by atoms with Crippen LogP contribution in [0.3, 0.4) is 0 Å². The summed E-state index contributed by atoms with van der Waals surface area (Å²) >= 11 is 0. The van der Waals surface area contributed by atoms with Crippen molar-refractivity contribution in [3.8, 4) is 0 Å². The number of nitrogens with zero attached hydrogens (tertiary/aromatic N) is 1. The number of benzene rings is 1. The van der Waals surface area contributed by atoms with Crippen LogP contribution in [0.2, 0.25) is 0 Å². The number of hydrogen-bond acceptors (Lipinski definition) is 3. The molecule has 0 radical (unpaired) electrons. The van der Waals surface area contributed by atoms with Crippen LogP contribution in [0.4, 0.5) is 4.39 Å². The topological polar surface area (TPSA) is 66.5 Å². The summed E-state index contributed by atoms with van der Waals surface area (Å²) in [4.78, 5) is 11.1. The highest BCUT2D eigenvalue weighted by Gasteiger charge is 2.46. The Labute approximate surface area is 135 Å². The van der Waals surface area contributed by atoms with Crippen molar-refractivity contribution in [2.75, 3.05) is 13.1 Å². The van der Waals surface area contributed by atoms with E-state index in [0.717, 1.165) is 12.8 Å². The van der Waals surface area contributed by atoms with Crippen LogP contribution in [0.1, 0.15) is 25.3 Å². The summed E-state index contributed by atoms with van der Waals surface area (Å²) < 4.78 is 40.9. The quantitative estimate of drug-likeness (QED) is 0.907. The molecule has 1 aromatic carbocycles. The van der Waals surface area contributed by atoms with Crippen molar-refractivity contribution in [3.63, 3.8) is 0 Å². The molecule has 5 nitrogen and oxygen atoms in total. The van der Waals surface area contributed by atoms with E-state index in [9.17, 15) is 17.6 Å². The number of nitrogens with one attached hydrogen (secondary N) is 1. The van der Waals surface area contributed by atoms with Gasteiger partial charge in [0, 0.05) is 26.1 Å². The fourth-order valence-corrected chi connectivity index (χ4v) is 4.91. The standard InChI is InChI=1S/C16H21FN2O3S/c1-10-3-6-16(14(17)7-10)23(21,22)19-8-13(12-4-5-12)15(9-19)18-11(2)20/h3,6-7,12-13,15H,4-5,8-9H2,1-2H3,(H,18,20)/t13-,15+/m0/s1. The average molecular weight is 340 g/mol. The van der Waals surface area contributed by atoms with Crippen molar-refractivity contribution in [2.45, 2.75) is 37.6 Å². The number of amides is 1. The summed E-state index contributed by atoms with van der Waals surface area (Å²) in [6, 6.07) is 3.95. The van der Waals surface area contributed by atoms with Gasteiger partial charge < -0.3 is 5.32 Å². The number of sulfonamides is 1. The molecule has 1 N–H and O–H groups in total. The van der Waals surface area contributed by atoms with Crippen molar-refractivity contribution >= 4 is 15.9 Å². The number of carbonyl (C=O) groups excluding carboxylic acids is 1. The third-order valence-corrected chi connectivity index (χ3v) is 6.52. The fraction of sp³-hybridized carbons (Fsp3) is 0.562. The smallest absolute Gasteiger partial charge is 0.246 e. The molecule has 0 unspecified atom stereocenters. The Balaban J connectivity index is 1.87. The molecule has 1 heterocycles. The molecule has 2 fully saturated rings. The Morgan fingerprint density at radius 3 is 2.57 bits per heavy atom. The Hall–Kier alpha value is -1.47. The second kappa shape index (κ2) is 5.87. The summed E-state index contributed by atoms with van der Waals surface area (Å²) in [5.41, 5.74) is 0.676. The van der Waals surface area contributed by atoms with Crippen LogP contribution in [0.25, 0.3) is 0 Å². The van der Waals surface area contributed by atoms with Gasteiger partial charge in [-0.1, -0.05) is 6.07 Å². The number of carbonyl (C=O) groups is 1. The fourth-order valence-electron chi connectivity index (χ4n) is 3.36. The van der Waals surface area contributed by atoms with Gasteiger partial charge in [0.05, 0.1) is 0 Å². The van der Waals surface area contributed by atoms with Crippen molar-refractivity contribution in [1.82, 2.24) is 9.62 Å². The van der Waals surface area contributed by atoms with Crippen molar-refractivity contribution < 1.29 is 17.6 Å². The zero-order valence-electron chi connectivity index (χ0n) is 13.3. The molecule has 2 aliphatic rings. The number of halogens is 1. The third kappa shape index (κ3) is 3.26. The summed E-state index contributed by atoms with van der Waals surface area (Å²) in [6.07, 6.45) is 2.13. The van der Waals surface area contributed by atoms with E-state index in [2.05, 4.69) is 5.32 Å². The Morgan fingerprint density at radius 2 is 2.00 bits per heavy atom. The minimum absolute atomic E-state index is 0.113. The highest BCUT2D eigenvalue weighted by atomic mass is 32.2. The maximum Gasteiger partial charge on any atom is 0.246 e. The maximum atomic E-state index is 14.1. The van der Waals surface area contributed by atoms with Gasteiger partial charge in [-0.2, -0.15) is 4.31 Å². The molecule has 1 saturated heterocycles. The lowest BCUT2D eigenvalue weighted by Crippen LogP contribution is -2.40. The second-order valence-electron chi connectivity index (χ2n) is 6.56. The molecular weight excluding hydrogens is 319 g/mol. The van der Waals surface area contributed by atoms with Gasteiger partial charge in [0.2, 0.25) is 15.9 Å². The van der Waals surface area contributed by atoms with Gasteiger partial charge in [-0.25, -0.2) is 12.8 Å². The third-order valence-electron chi connectivity index (χ3n) is 4.65. The van der Waals surface area contributed by atoms with Crippen LogP contribution in [0, 0.1) is 24.6 Å². The molecule has 1 aliphatic carbocycles. The highest BCUT2D eigenvalue weighted by molar-refractivity contribution is 7.89. The minimum atomic E-state index is -3.89. The Kier molecular flexibility index (Phi) is 4.18. The normalized spacial score (nSPS) is 25.5. The van der Waals surface area contributed by atoms with Crippen LogP contribution in [-0.4, -0.2) is 37.8 Å². The van der Waals surface area contributed by atoms with E-state index in [1.807, 2.05) is 0 Å². The van der Waals surface area contributed by atoms with E-state index in [1.165, 1.54) is 23.4 Å². The summed E-state index contributed by atoms with van der Waals surface area (Å²) in [6.45, 7) is 3.69. The van der Waals surface area contributed by atoms with E-state index in [0.29, 0.717) is 18.0 Å². The first-order valence-electron chi connectivity index (χ1n) is 7.82. The zero-order chi connectivity index (χ0) is 16.8. The van der Waals surface area contributed by atoms with E-state index in [1.54, 1.807) is 13.0 Å². The average Bonchev–Trinajstić information content (AvgIpc) is 3.19. The van der Waals surface area contributed by atoms with Crippen molar-refractivity contribution in [1.29, 1.82) is 0 Å². The minimum Gasteiger partial charge on any atom is -0.352 e. The first kappa shape index (κ1) is 16.4. The molecule has 23 heavy (non-hydrogen) atoms. The van der Waals surface area contributed by atoms with Gasteiger partial charge in [-0.3, -0.25) is 4.79 Å². The van der Waals surface area contributed by atoms with E-state index < -0.39 is 15.8 Å². The monoisotopic (exact) mass is 340 g/mol. The van der Waals surface area contributed by atoms with Gasteiger partial charge >= 0.3 is 0 Å². The maximum absolute atomic E-state index is 14.1. The molecule has 3 rings (SSSR count). The lowest BCUT2D eigenvalue weighted by atomic mass is 9.98. The number of rotatable bonds is 4. The SMILES string of the molecule is CC(=O)N[C@@H]1CN(S(=O)(=O)c2ccc(C)cc2F)C[C@H]1C1CC1. The van der Waals surface area contributed by atoms with Gasteiger partial charge in [-0.05, 0) is 49.3 Å². The van der Waals surface area contributed by atoms with Crippen molar-refractivity contribution in [2.24, 2.45) is 11.8 Å². The predicted octanol–water partition coefficient (Wildman–Crippen LogP) is 1.67. The van der Waals surface area contributed by atoms with Gasteiger partial charge in [-0.15, -0.1) is 0 Å². The lowest BCUT2D eigenvalue weighted by Gasteiger charge is -2.18. The van der Waals surface area contributed by atoms with E-state index in [4.69, 9.17) is 0 Å². The largest absolute Gasteiger partial charge is 0.352 e. The second-order valence-corrected chi connectivity index (χ2v) is 8.47. The molecule has 1 aromatic rings. The van der Waals surface area contributed by atoms with Crippen LogP contribution in [-0.2, 0) is 14.8 Å². The summed E-state index contributed by atoms with van der Waals surface area (Å²) in [5, 5.41) is 2.85. The van der Waals surface area contributed by atoms with Gasteiger partial charge in [0.15, 0.2) is 0 Å². The predicted molar refractivity (Wildman–Crippen MR) is 83.7 cm³/mol. The molecule has 0 spiro atoms. The summed E-state index contributed by atoms with van der Waals surface area (Å²) in [7, 11) is -3.89. The first-order chi connectivity index (χ1) is 10.8. The molecule has 1 amide bonds. The highest BCUT2D eigenvalue weighted by Crippen LogP contribution is 2.42. The van der Waals surface area contributed by atoms with Crippen LogP contribution in [0.5, 0.6) is 0 Å². The molecule has 1 saturated carbocycles. The van der Waals surface area contributed by atoms with E-state index >= 15 is 0 Å². The Bertz CT molecular complexity index is 731. The number of aryl methyl sites for hydroxylation is 1. The molecule has 7 heteroatoms. The molecule has 1 aliphatic heterocycles. The molecule has 126 valence electrons. The molecular formula is C16H21FN2O3S. The van der Waals surface area contributed by atoms with Crippen LogP contribution in [0.15, 0.2) is 23.1 Å². The molecule has 0 aromatic heterocycles. The first-order valence-corrected chi connectivity index (χ1v) is 9.26.